The molecule has 1 amide bonds. The lowest BCUT2D eigenvalue weighted by atomic mass is 10.1. The third-order valence-corrected chi connectivity index (χ3v) is 5.26. The van der Waals surface area contributed by atoms with Gasteiger partial charge in [-0.2, -0.15) is 0 Å². The van der Waals surface area contributed by atoms with Crippen LogP contribution in [0.4, 0.5) is 5.69 Å². The number of thiocarbonyl (C=S) groups is 1. The van der Waals surface area contributed by atoms with Gasteiger partial charge in [-0.15, -0.1) is 0 Å². The van der Waals surface area contributed by atoms with Crippen LogP contribution in [-0.2, 0) is 6.42 Å². The lowest BCUT2D eigenvalue weighted by Gasteiger charge is -2.14. The summed E-state index contributed by atoms with van der Waals surface area (Å²) in [5.41, 5.74) is 3.68. The van der Waals surface area contributed by atoms with Crippen molar-refractivity contribution in [3.63, 3.8) is 0 Å². The number of methoxy groups -OCH3 is 3. The minimum Gasteiger partial charge on any atom is -0.493 e. The van der Waals surface area contributed by atoms with Crippen LogP contribution < -0.4 is 24.8 Å². The maximum absolute atomic E-state index is 12.7. The standard InChI is InChI=1S/C25H23N3O5S/c1-30-20-13-16(14-21(31-2)23(20)32-3)24(29)28-25(34)26-17-10-8-15(9-11-17)12-22-27-18-6-4-5-7-19(18)33-22/h4-11,13-14H,12H2,1-3H3,(H2,26,28,29,34). The van der Waals surface area contributed by atoms with Gasteiger partial charge in [0.25, 0.3) is 5.91 Å². The SMILES string of the molecule is COc1cc(C(=O)NC(=S)Nc2ccc(Cc3nc4ccccc4o3)cc2)cc(OC)c1OC. The highest BCUT2D eigenvalue weighted by Crippen LogP contribution is 2.38. The van der Waals surface area contributed by atoms with Crippen molar-refractivity contribution >= 4 is 40.0 Å². The first kappa shape index (κ1) is 23.1. The van der Waals surface area contributed by atoms with E-state index in [0.29, 0.717) is 35.1 Å². The number of hydrogen-bond donors (Lipinski definition) is 2. The number of ether oxygens (including phenoxy) is 3. The van der Waals surface area contributed by atoms with Gasteiger partial charge in [-0.25, -0.2) is 4.98 Å². The molecule has 0 bridgehead atoms. The van der Waals surface area contributed by atoms with Crippen molar-refractivity contribution in [2.75, 3.05) is 26.6 Å². The summed E-state index contributed by atoms with van der Waals surface area (Å²) >= 11 is 5.30. The number of oxazole rings is 1. The first-order valence-corrected chi connectivity index (χ1v) is 10.8. The van der Waals surface area contributed by atoms with Crippen LogP contribution in [0.3, 0.4) is 0 Å². The number of para-hydroxylation sites is 2. The summed E-state index contributed by atoms with van der Waals surface area (Å²) in [6, 6.07) is 18.4. The van der Waals surface area contributed by atoms with E-state index in [4.69, 9.17) is 30.8 Å². The molecule has 4 rings (SSSR count). The normalized spacial score (nSPS) is 10.6. The maximum atomic E-state index is 12.7. The summed E-state index contributed by atoms with van der Waals surface area (Å²) in [5, 5.41) is 5.82. The van der Waals surface area contributed by atoms with Gasteiger partial charge in [0, 0.05) is 17.7 Å². The van der Waals surface area contributed by atoms with Crippen LogP contribution in [-0.4, -0.2) is 37.3 Å². The van der Waals surface area contributed by atoms with Crippen LogP contribution in [0.5, 0.6) is 17.2 Å². The molecule has 0 aliphatic heterocycles. The molecule has 0 aliphatic carbocycles. The van der Waals surface area contributed by atoms with Gasteiger partial charge in [0.05, 0.1) is 21.3 Å². The molecule has 0 radical (unpaired) electrons. The zero-order valence-electron chi connectivity index (χ0n) is 18.9. The number of fused-ring (bicyclic) bond motifs is 1. The third kappa shape index (κ3) is 5.10. The fourth-order valence-corrected chi connectivity index (χ4v) is 3.64. The van der Waals surface area contributed by atoms with Crippen molar-refractivity contribution in [3.05, 3.63) is 77.7 Å². The molecule has 9 heteroatoms. The number of carbonyl (C=O) groups excluding carboxylic acids is 1. The number of aromatic nitrogens is 1. The number of carbonyl (C=O) groups is 1. The molecular formula is C25H23N3O5S. The average Bonchev–Trinajstić information content (AvgIpc) is 3.26. The van der Waals surface area contributed by atoms with E-state index in [1.165, 1.54) is 21.3 Å². The first-order valence-electron chi connectivity index (χ1n) is 10.4. The molecule has 0 saturated heterocycles. The maximum Gasteiger partial charge on any atom is 0.257 e. The second kappa shape index (κ2) is 10.2. The molecule has 1 heterocycles. The molecule has 34 heavy (non-hydrogen) atoms. The third-order valence-electron chi connectivity index (χ3n) is 5.06. The predicted molar refractivity (Wildman–Crippen MR) is 133 cm³/mol. The fraction of sp³-hybridized carbons (Fsp3) is 0.160. The number of nitrogens with one attached hydrogen (secondary N) is 2. The van der Waals surface area contributed by atoms with E-state index < -0.39 is 5.91 Å². The van der Waals surface area contributed by atoms with Gasteiger partial charge in [0.15, 0.2) is 28.1 Å². The van der Waals surface area contributed by atoms with Crippen LogP contribution in [0.1, 0.15) is 21.8 Å². The second-order valence-electron chi connectivity index (χ2n) is 7.27. The summed E-state index contributed by atoms with van der Waals surface area (Å²) in [6.07, 6.45) is 0.567. The number of nitrogens with zero attached hydrogens (tertiary/aromatic N) is 1. The highest BCUT2D eigenvalue weighted by molar-refractivity contribution is 7.80. The van der Waals surface area contributed by atoms with Crippen molar-refractivity contribution in [2.24, 2.45) is 0 Å². The topological polar surface area (TPSA) is 94.9 Å². The average molecular weight is 478 g/mol. The van der Waals surface area contributed by atoms with Gasteiger partial charge in [0.2, 0.25) is 5.75 Å². The number of rotatable bonds is 7. The van der Waals surface area contributed by atoms with Gasteiger partial charge >= 0.3 is 0 Å². The van der Waals surface area contributed by atoms with Gasteiger partial charge in [-0.3, -0.25) is 10.1 Å². The van der Waals surface area contributed by atoms with Crippen LogP contribution in [0.25, 0.3) is 11.1 Å². The smallest absolute Gasteiger partial charge is 0.257 e. The van der Waals surface area contributed by atoms with Gasteiger partial charge in [0.1, 0.15) is 5.52 Å². The van der Waals surface area contributed by atoms with Crippen molar-refractivity contribution in [3.8, 4) is 17.2 Å². The Hall–Kier alpha value is -4.11. The Bertz CT molecular complexity index is 1280. The monoisotopic (exact) mass is 477 g/mol. The molecule has 0 spiro atoms. The van der Waals surface area contributed by atoms with Crippen LogP contribution in [0.2, 0.25) is 0 Å². The predicted octanol–water partition coefficient (Wildman–Crippen LogP) is 4.57. The van der Waals surface area contributed by atoms with E-state index in [1.54, 1.807) is 12.1 Å². The number of amides is 1. The van der Waals surface area contributed by atoms with E-state index >= 15 is 0 Å². The molecule has 4 aromatic rings. The van der Waals surface area contributed by atoms with Crippen molar-refractivity contribution in [2.45, 2.75) is 6.42 Å². The Balaban J connectivity index is 1.38. The molecule has 0 atom stereocenters. The number of anilines is 1. The van der Waals surface area contributed by atoms with Gasteiger partial charge in [-0.1, -0.05) is 24.3 Å². The summed E-state index contributed by atoms with van der Waals surface area (Å²) in [7, 11) is 4.47. The highest BCUT2D eigenvalue weighted by atomic mass is 32.1. The Morgan fingerprint density at radius 3 is 2.26 bits per heavy atom. The Kier molecular flexibility index (Phi) is 6.93. The van der Waals surface area contributed by atoms with E-state index in [-0.39, 0.29) is 5.11 Å². The van der Waals surface area contributed by atoms with Crippen molar-refractivity contribution < 1.29 is 23.4 Å². The van der Waals surface area contributed by atoms with Crippen LogP contribution >= 0.6 is 12.2 Å². The van der Waals surface area contributed by atoms with E-state index in [9.17, 15) is 4.79 Å². The number of benzene rings is 3. The summed E-state index contributed by atoms with van der Waals surface area (Å²) < 4.78 is 21.7. The van der Waals surface area contributed by atoms with Crippen molar-refractivity contribution in [1.29, 1.82) is 0 Å². The Labute approximate surface area is 201 Å². The Morgan fingerprint density at radius 1 is 0.971 bits per heavy atom. The van der Waals surface area contributed by atoms with Crippen LogP contribution in [0.15, 0.2) is 65.1 Å². The molecule has 0 unspecified atom stereocenters. The summed E-state index contributed by atoms with van der Waals surface area (Å²) in [6.45, 7) is 0. The highest BCUT2D eigenvalue weighted by Gasteiger charge is 2.17. The lowest BCUT2D eigenvalue weighted by molar-refractivity contribution is 0.0977. The molecule has 0 saturated carbocycles. The number of hydrogen-bond acceptors (Lipinski definition) is 7. The minimum absolute atomic E-state index is 0.158. The molecular weight excluding hydrogens is 454 g/mol. The second-order valence-corrected chi connectivity index (χ2v) is 7.68. The molecule has 1 aromatic heterocycles. The zero-order valence-corrected chi connectivity index (χ0v) is 19.7. The first-order chi connectivity index (χ1) is 16.5. The molecule has 174 valence electrons. The quantitative estimate of drug-likeness (QED) is 0.374. The molecule has 0 aliphatic rings. The largest absolute Gasteiger partial charge is 0.493 e. The van der Waals surface area contributed by atoms with E-state index in [2.05, 4.69) is 15.6 Å². The Morgan fingerprint density at radius 2 is 1.65 bits per heavy atom. The van der Waals surface area contributed by atoms with Gasteiger partial charge in [-0.05, 0) is 54.2 Å². The van der Waals surface area contributed by atoms with E-state index in [1.807, 2.05) is 48.5 Å². The molecule has 0 fully saturated rings. The fourth-order valence-electron chi connectivity index (χ4n) is 3.43. The van der Waals surface area contributed by atoms with Gasteiger partial charge < -0.3 is 23.9 Å². The van der Waals surface area contributed by atoms with E-state index in [0.717, 1.165) is 22.4 Å². The minimum atomic E-state index is -0.413. The molecule has 3 aromatic carbocycles. The lowest BCUT2D eigenvalue weighted by Crippen LogP contribution is -2.34. The van der Waals surface area contributed by atoms with Crippen molar-refractivity contribution in [1.82, 2.24) is 10.3 Å². The zero-order chi connectivity index (χ0) is 24.1. The molecule has 8 nitrogen and oxygen atoms in total. The summed E-state index contributed by atoms with van der Waals surface area (Å²) in [4.78, 5) is 17.2. The molecule has 2 N–H and O–H groups in total. The van der Waals surface area contributed by atoms with Crippen LogP contribution in [0, 0.1) is 0 Å². The summed E-state index contributed by atoms with van der Waals surface area (Å²) in [5.74, 6) is 1.39.